The van der Waals surface area contributed by atoms with Gasteiger partial charge in [-0.15, -0.1) is 0 Å². The van der Waals surface area contributed by atoms with Crippen LogP contribution in [0.4, 0.5) is 21.0 Å². The minimum Gasteiger partial charge on any atom is -0.444 e. The molecule has 0 aromatic heterocycles. The van der Waals surface area contributed by atoms with Crippen LogP contribution in [0.5, 0.6) is 0 Å². The van der Waals surface area contributed by atoms with Gasteiger partial charge in [0.1, 0.15) is 11.6 Å². The summed E-state index contributed by atoms with van der Waals surface area (Å²) in [5.41, 5.74) is 0.444. The molecule has 2 aliphatic rings. The van der Waals surface area contributed by atoms with Crippen molar-refractivity contribution in [1.82, 2.24) is 10.6 Å². The van der Waals surface area contributed by atoms with Gasteiger partial charge < -0.3 is 20.7 Å². The molecule has 1 aliphatic carbocycles. The molecule has 0 radical (unpaired) electrons. The van der Waals surface area contributed by atoms with Crippen LogP contribution in [0.15, 0.2) is 24.3 Å². The second kappa shape index (κ2) is 8.71. The summed E-state index contributed by atoms with van der Waals surface area (Å²) < 4.78 is 5.27. The maximum atomic E-state index is 13.1. The zero-order valence-electron chi connectivity index (χ0n) is 17.3. The van der Waals surface area contributed by atoms with E-state index < -0.39 is 23.6 Å². The van der Waals surface area contributed by atoms with Crippen molar-refractivity contribution in [1.29, 1.82) is 0 Å². The highest BCUT2D eigenvalue weighted by atomic mass is 16.6. The quantitative estimate of drug-likeness (QED) is 0.706. The number of anilines is 2. The number of rotatable bonds is 2. The Morgan fingerprint density at radius 3 is 2.48 bits per heavy atom. The number of carbonyl (C=O) groups is 3. The Morgan fingerprint density at radius 2 is 1.79 bits per heavy atom. The SMILES string of the molecule is CC(C)(C)OC(=O)NC1CN(C(=O)NC2CCCCC2)c2ccccc2NC1=O. The molecule has 1 fully saturated rings. The molecule has 0 bridgehead atoms. The summed E-state index contributed by atoms with van der Waals surface area (Å²) >= 11 is 0. The van der Waals surface area contributed by atoms with Gasteiger partial charge in [-0.25, -0.2) is 9.59 Å². The van der Waals surface area contributed by atoms with Gasteiger partial charge in [-0.3, -0.25) is 9.69 Å². The van der Waals surface area contributed by atoms with Crippen LogP contribution in [-0.4, -0.2) is 42.3 Å². The predicted octanol–water partition coefficient (Wildman–Crippen LogP) is 3.38. The highest BCUT2D eigenvalue weighted by Gasteiger charge is 2.34. The molecule has 3 rings (SSSR count). The van der Waals surface area contributed by atoms with Gasteiger partial charge >= 0.3 is 12.1 Å². The Hall–Kier alpha value is -2.77. The standard InChI is InChI=1S/C21H30N4O4/c1-21(2,3)29-20(28)24-16-13-25(19(27)22-14-9-5-4-6-10-14)17-12-8-7-11-15(17)23-18(16)26/h7-8,11-12,14,16H,4-6,9-10,13H2,1-3H3,(H,22,27)(H,23,26)(H,24,28). The van der Waals surface area contributed by atoms with Gasteiger partial charge in [-0.05, 0) is 45.7 Å². The number of ether oxygens (including phenoxy) is 1. The summed E-state index contributed by atoms with van der Waals surface area (Å²) in [7, 11) is 0. The monoisotopic (exact) mass is 402 g/mol. The number of nitrogens with one attached hydrogen (secondary N) is 3. The van der Waals surface area contributed by atoms with Crippen LogP contribution < -0.4 is 20.9 Å². The molecule has 1 aromatic rings. The average Bonchev–Trinajstić information content (AvgIpc) is 2.78. The molecule has 158 valence electrons. The maximum absolute atomic E-state index is 13.1. The molecular weight excluding hydrogens is 372 g/mol. The van der Waals surface area contributed by atoms with Gasteiger partial charge in [0.25, 0.3) is 0 Å². The fourth-order valence-corrected chi connectivity index (χ4v) is 3.65. The first-order chi connectivity index (χ1) is 13.7. The van der Waals surface area contributed by atoms with E-state index in [2.05, 4.69) is 16.0 Å². The van der Waals surface area contributed by atoms with E-state index in [0.29, 0.717) is 11.4 Å². The van der Waals surface area contributed by atoms with E-state index in [1.807, 2.05) is 6.07 Å². The molecule has 0 saturated heterocycles. The minimum absolute atomic E-state index is 0.0145. The molecule has 8 heteroatoms. The summed E-state index contributed by atoms with van der Waals surface area (Å²) in [6.45, 7) is 5.26. The van der Waals surface area contributed by atoms with Crippen LogP contribution in [0.25, 0.3) is 0 Å². The van der Waals surface area contributed by atoms with E-state index >= 15 is 0 Å². The Labute approximate surface area is 171 Å². The van der Waals surface area contributed by atoms with Crippen molar-refractivity contribution in [3.8, 4) is 0 Å². The fourth-order valence-electron chi connectivity index (χ4n) is 3.65. The van der Waals surface area contributed by atoms with Crippen LogP contribution in [0.1, 0.15) is 52.9 Å². The number of benzene rings is 1. The molecule has 29 heavy (non-hydrogen) atoms. The molecule has 0 spiro atoms. The molecule has 8 nitrogen and oxygen atoms in total. The number of urea groups is 1. The minimum atomic E-state index is -0.936. The summed E-state index contributed by atoms with van der Waals surface area (Å²) in [6, 6.07) is 6.06. The van der Waals surface area contributed by atoms with E-state index in [1.54, 1.807) is 39.0 Å². The second-order valence-corrected chi connectivity index (χ2v) is 8.60. The first-order valence-corrected chi connectivity index (χ1v) is 10.2. The normalized spacial score (nSPS) is 20.2. The summed E-state index contributed by atoms with van der Waals surface area (Å²) in [6.07, 6.45) is 4.61. The van der Waals surface area contributed by atoms with Crippen LogP contribution in [0, 0.1) is 0 Å². The van der Waals surface area contributed by atoms with Crippen molar-refractivity contribution in [3.05, 3.63) is 24.3 Å². The maximum Gasteiger partial charge on any atom is 0.408 e. The topological polar surface area (TPSA) is 99.8 Å². The lowest BCUT2D eigenvalue weighted by Crippen LogP contribution is -2.54. The molecule has 1 heterocycles. The summed E-state index contributed by atoms with van der Waals surface area (Å²) in [5, 5.41) is 8.48. The van der Waals surface area contributed by atoms with E-state index in [-0.39, 0.29) is 18.6 Å². The van der Waals surface area contributed by atoms with Gasteiger partial charge in [0.15, 0.2) is 0 Å². The number of fused-ring (bicyclic) bond motifs is 1. The number of hydrogen-bond donors (Lipinski definition) is 3. The summed E-state index contributed by atoms with van der Waals surface area (Å²) in [4.78, 5) is 39.5. The highest BCUT2D eigenvalue weighted by molar-refractivity contribution is 6.06. The lowest BCUT2D eigenvalue weighted by Gasteiger charge is -2.29. The molecule has 1 saturated carbocycles. The third kappa shape index (κ3) is 5.62. The van der Waals surface area contributed by atoms with Gasteiger partial charge in [0, 0.05) is 6.04 Å². The van der Waals surface area contributed by atoms with Crippen molar-refractivity contribution < 1.29 is 19.1 Å². The Kier molecular flexibility index (Phi) is 6.30. The van der Waals surface area contributed by atoms with Gasteiger partial charge in [0.05, 0.1) is 17.9 Å². The Bertz CT molecular complexity index is 768. The first kappa shape index (κ1) is 21.0. The van der Waals surface area contributed by atoms with E-state index in [9.17, 15) is 14.4 Å². The second-order valence-electron chi connectivity index (χ2n) is 8.60. The number of alkyl carbamates (subject to hydrolysis) is 1. The zero-order valence-corrected chi connectivity index (χ0v) is 17.3. The number of nitrogens with zero attached hydrogens (tertiary/aromatic N) is 1. The lowest BCUT2D eigenvalue weighted by molar-refractivity contribution is -0.117. The third-order valence-corrected chi connectivity index (χ3v) is 5.00. The average molecular weight is 402 g/mol. The molecule has 3 N–H and O–H groups in total. The van der Waals surface area contributed by atoms with Crippen molar-refractivity contribution in [2.24, 2.45) is 0 Å². The number of hydrogen-bond acceptors (Lipinski definition) is 4. The van der Waals surface area contributed by atoms with Crippen molar-refractivity contribution in [2.75, 3.05) is 16.8 Å². The van der Waals surface area contributed by atoms with Gasteiger partial charge in [0.2, 0.25) is 5.91 Å². The van der Waals surface area contributed by atoms with Gasteiger partial charge in [-0.1, -0.05) is 31.4 Å². The molecule has 1 atom stereocenters. The predicted molar refractivity (Wildman–Crippen MR) is 111 cm³/mol. The molecule has 1 unspecified atom stereocenters. The molecule has 4 amide bonds. The van der Waals surface area contributed by atoms with Crippen LogP contribution in [-0.2, 0) is 9.53 Å². The molecule has 1 aromatic carbocycles. The van der Waals surface area contributed by atoms with Crippen LogP contribution in [0.2, 0.25) is 0 Å². The van der Waals surface area contributed by atoms with Crippen molar-refractivity contribution in [3.63, 3.8) is 0 Å². The third-order valence-electron chi connectivity index (χ3n) is 5.00. The van der Waals surface area contributed by atoms with Gasteiger partial charge in [-0.2, -0.15) is 0 Å². The summed E-state index contributed by atoms with van der Waals surface area (Å²) in [5.74, 6) is -0.392. The van der Waals surface area contributed by atoms with E-state index in [1.165, 1.54) is 11.3 Å². The number of amides is 4. The Morgan fingerprint density at radius 1 is 1.10 bits per heavy atom. The molecular formula is C21H30N4O4. The van der Waals surface area contributed by atoms with Crippen molar-refractivity contribution in [2.45, 2.75) is 70.6 Å². The largest absolute Gasteiger partial charge is 0.444 e. The molecule has 1 aliphatic heterocycles. The Balaban J connectivity index is 1.79. The first-order valence-electron chi connectivity index (χ1n) is 10.2. The number of para-hydroxylation sites is 2. The van der Waals surface area contributed by atoms with E-state index in [4.69, 9.17) is 4.74 Å². The lowest BCUT2D eigenvalue weighted by atomic mass is 9.96. The van der Waals surface area contributed by atoms with Crippen LogP contribution in [0.3, 0.4) is 0 Å². The van der Waals surface area contributed by atoms with Crippen molar-refractivity contribution >= 4 is 29.4 Å². The zero-order chi connectivity index (χ0) is 21.0. The van der Waals surface area contributed by atoms with Crippen LogP contribution >= 0.6 is 0 Å². The smallest absolute Gasteiger partial charge is 0.408 e. The number of carbonyl (C=O) groups excluding carboxylic acids is 3. The highest BCUT2D eigenvalue weighted by Crippen LogP contribution is 2.29. The van der Waals surface area contributed by atoms with E-state index in [0.717, 1.165) is 25.7 Å². The fraction of sp³-hybridized carbons (Fsp3) is 0.571.